The van der Waals surface area contributed by atoms with Gasteiger partial charge in [-0.1, -0.05) is 36.4 Å². The number of carbonyl (C=O) groups excluding carboxylic acids is 1. The Kier molecular flexibility index (Phi) is 6.17. The topological polar surface area (TPSA) is 109 Å². The second-order valence-electron chi connectivity index (χ2n) is 5.68. The van der Waals surface area contributed by atoms with E-state index in [9.17, 15) is 21.6 Å². The van der Waals surface area contributed by atoms with Crippen molar-refractivity contribution in [3.63, 3.8) is 0 Å². The molecule has 0 aromatic heterocycles. The average molecular weight is 396 g/mol. The minimum absolute atomic E-state index is 0.0512. The molecule has 0 unspecified atom stereocenters. The van der Waals surface area contributed by atoms with Crippen LogP contribution in [0.1, 0.15) is 21.5 Å². The second kappa shape index (κ2) is 7.98. The number of sulfone groups is 1. The fourth-order valence-corrected chi connectivity index (χ4v) is 4.12. The van der Waals surface area contributed by atoms with Gasteiger partial charge in [0.2, 0.25) is 10.0 Å². The Morgan fingerprint density at radius 2 is 1.50 bits per heavy atom. The molecule has 1 amide bonds. The van der Waals surface area contributed by atoms with Crippen molar-refractivity contribution in [2.45, 2.75) is 17.2 Å². The number of rotatable bonds is 7. The van der Waals surface area contributed by atoms with Crippen LogP contribution in [0.25, 0.3) is 0 Å². The lowest BCUT2D eigenvalue weighted by atomic mass is 10.1. The molecule has 2 aromatic rings. The van der Waals surface area contributed by atoms with E-state index in [1.807, 2.05) is 0 Å². The van der Waals surface area contributed by atoms with Gasteiger partial charge in [-0.2, -0.15) is 0 Å². The van der Waals surface area contributed by atoms with Crippen LogP contribution in [-0.4, -0.2) is 36.0 Å². The summed E-state index contributed by atoms with van der Waals surface area (Å²) in [5.74, 6) is -0.757. The molecule has 0 spiro atoms. The third-order valence-corrected chi connectivity index (χ3v) is 6.21. The van der Waals surface area contributed by atoms with Crippen LogP contribution in [0.15, 0.2) is 53.4 Å². The molecular weight excluding hydrogens is 376 g/mol. The van der Waals surface area contributed by atoms with Gasteiger partial charge in [-0.3, -0.25) is 4.79 Å². The number of amides is 1. The first-order valence-electron chi connectivity index (χ1n) is 7.69. The zero-order valence-corrected chi connectivity index (χ0v) is 16.0. The molecule has 0 radical (unpaired) electrons. The van der Waals surface area contributed by atoms with Gasteiger partial charge in [0, 0.05) is 12.8 Å². The predicted molar refractivity (Wildman–Crippen MR) is 98.8 cm³/mol. The smallest absolute Gasteiger partial charge is 0.252 e. The van der Waals surface area contributed by atoms with Crippen molar-refractivity contribution in [2.75, 3.05) is 13.3 Å². The summed E-state index contributed by atoms with van der Waals surface area (Å²) in [4.78, 5) is 12.4. The van der Waals surface area contributed by atoms with Gasteiger partial charge in [0.05, 0.1) is 16.2 Å². The Morgan fingerprint density at radius 1 is 0.923 bits per heavy atom. The van der Waals surface area contributed by atoms with Gasteiger partial charge in [0.1, 0.15) is 0 Å². The quantitative estimate of drug-likeness (QED) is 0.728. The molecule has 0 saturated carbocycles. The molecule has 0 fully saturated rings. The number of carbonyl (C=O) groups is 1. The van der Waals surface area contributed by atoms with Gasteiger partial charge in [0.15, 0.2) is 9.84 Å². The Bertz CT molecular complexity index is 1010. The summed E-state index contributed by atoms with van der Waals surface area (Å²) in [6.45, 7) is 0.0757. The van der Waals surface area contributed by atoms with Crippen molar-refractivity contribution < 1.29 is 21.6 Å². The summed E-state index contributed by atoms with van der Waals surface area (Å²) < 4.78 is 49.4. The summed E-state index contributed by atoms with van der Waals surface area (Å²) in [6.07, 6.45) is 1.04. The third kappa shape index (κ3) is 5.13. The Morgan fingerprint density at radius 3 is 2.12 bits per heavy atom. The number of hydrogen-bond donors (Lipinski definition) is 2. The van der Waals surface area contributed by atoms with Crippen molar-refractivity contribution in [3.05, 3.63) is 65.2 Å². The van der Waals surface area contributed by atoms with Crippen molar-refractivity contribution in [2.24, 2.45) is 0 Å². The summed E-state index contributed by atoms with van der Waals surface area (Å²) >= 11 is 0. The van der Waals surface area contributed by atoms with Gasteiger partial charge in [-0.05, 0) is 30.3 Å². The molecule has 2 rings (SSSR count). The highest BCUT2D eigenvalue weighted by Gasteiger charge is 2.18. The molecule has 0 atom stereocenters. The van der Waals surface area contributed by atoms with Crippen LogP contribution in [0.5, 0.6) is 0 Å². The lowest BCUT2D eigenvalue weighted by Gasteiger charge is -2.12. The zero-order valence-electron chi connectivity index (χ0n) is 14.4. The maximum atomic E-state index is 12.4. The van der Waals surface area contributed by atoms with E-state index in [0.717, 1.165) is 6.26 Å². The highest BCUT2D eigenvalue weighted by molar-refractivity contribution is 7.90. The van der Waals surface area contributed by atoms with Crippen LogP contribution >= 0.6 is 0 Å². The first-order chi connectivity index (χ1) is 12.1. The summed E-state index contributed by atoms with van der Waals surface area (Å²) in [6, 6.07) is 12.8. The van der Waals surface area contributed by atoms with Crippen molar-refractivity contribution in [1.82, 2.24) is 10.0 Å². The molecule has 26 heavy (non-hydrogen) atoms. The van der Waals surface area contributed by atoms with Gasteiger partial charge < -0.3 is 5.32 Å². The fraction of sp³-hybridized carbons (Fsp3) is 0.235. The molecule has 0 saturated heterocycles. The van der Waals surface area contributed by atoms with E-state index >= 15 is 0 Å². The predicted octanol–water partition coefficient (Wildman–Crippen LogP) is 1.07. The zero-order chi connectivity index (χ0) is 19.4. The Labute approximate surface area is 153 Å². The first-order valence-corrected chi connectivity index (χ1v) is 11.2. The largest absolute Gasteiger partial charge is 0.348 e. The molecular formula is C17H20N2O5S2. The summed E-state index contributed by atoms with van der Waals surface area (Å²) in [5.41, 5.74) is 1.24. The first kappa shape index (κ1) is 20.1. The van der Waals surface area contributed by atoms with Crippen molar-refractivity contribution >= 4 is 25.8 Å². The van der Waals surface area contributed by atoms with E-state index in [1.54, 1.807) is 36.4 Å². The summed E-state index contributed by atoms with van der Waals surface area (Å²) in [7, 11) is -5.66. The van der Waals surface area contributed by atoms with E-state index in [-0.39, 0.29) is 22.8 Å². The van der Waals surface area contributed by atoms with E-state index in [1.165, 1.54) is 19.2 Å². The third-order valence-electron chi connectivity index (χ3n) is 3.75. The van der Waals surface area contributed by atoms with Gasteiger partial charge >= 0.3 is 0 Å². The molecule has 2 N–H and O–H groups in total. The Hall–Kier alpha value is -2.23. The standard InChI is InChI=1S/C17H20N2O5S2/c1-18-26(23,24)12-14-8-4-3-7-13(14)11-19-17(20)15-9-5-6-10-16(15)25(2,21)22/h3-10,18H,11-12H2,1-2H3,(H,19,20). The Balaban J connectivity index is 2.22. The van der Waals surface area contributed by atoms with Crippen LogP contribution in [-0.2, 0) is 32.2 Å². The lowest BCUT2D eigenvalue weighted by molar-refractivity contribution is 0.0947. The normalized spacial score (nSPS) is 11.9. The van der Waals surface area contributed by atoms with Gasteiger partial charge in [0.25, 0.3) is 5.91 Å². The minimum Gasteiger partial charge on any atom is -0.348 e. The molecule has 0 aliphatic carbocycles. The molecule has 0 aliphatic heterocycles. The average Bonchev–Trinajstić information content (AvgIpc) is 2.59. The maximum Gasteiger partial charge on any atom is 0.252 e. The van der Waals surface area contributed by atoms with E-state index in [0.29, 0.717) is 11.1 Å². The number of nitrogens with one attached hydrogen (secondary N) is 2. The molecule has 0 heterocycles. The molecule has 2 aromatic carbocycles. The van der Waals surface area contributed by atoms with Crippen LogP contribution in [0.2, 0.25) is 0 Å². The van der Waals surface area contributed by atoms with Crippen LogP contribution in [0, 0.1) is 0 Å². The maximum absolute atomic E-state index is 12.4. The second-order valence-corrected chi connectivity index (χ2v) is 9.59. The highest BCUT2D eigenvalue weighted by Crippen LogP contribution is 2.16. The molecule has 0 bridgehead atoms. The van der Waals surface area contributed by atoms with E-state index < -0.39 is 25.8 Å². The van der Waals surface area contributed by atoms with E-state index in [2.05, 4.69) is 10.0 Å². The van der Waals surface area contributed by atoms with Crippen molar-refractivity contribution in [1.29, 1.82) is 0 Å². The van der Waals surface area contributed by atoms with E-state index in [4.69, 9.17) is 0 Å². The van der Waals surface area contributed by atoms with Crippen molar-refractivity contribution in [3.8, 4) is 0 Å². The molecule has 0 aliphatic rings. The van der Waals surface area contributed by atoms with Crippen LogP contribution < -0.4 is 10.0 Å². The van der Waals surface area contributed by atoms with Gasteiger partial charge in [-0.15, -0.1) is 0 Å². The number of sulfonamides is 1. The van der Waals surface area contributed by atoms with Gasteiger partial charge in [-0.25, -0.2) is 21.6 Å². The minimum atomic E-state index is -3.55. The monoisotopic (exact) mass is 396 g/mol. The SMILES string of the molecule is CNS(=O)(=O)Cc1ccccc1CNC(=O)c1ccccc1S(C)(=O)=O. The molecule has 9 heteroatoms. The lowest BCUT2D eigenvalue weighted by Crippen LogP contribution is -2.26. The fourth-order valence-electron chi connectivity index (χ4n) is 2.40. The molecule has 7 nitrogen and oxygen atoms in total. The van der Waals surface area contributed by atoms with Crippen LogP contribution in [0.4, 0.5) is 0 Å². The summed E-state index contributed by atoms with van der Waals surface area (Å²) in [5, 5.41) is 2.65. The number of hydrogen-bond acceptors (Lipinski definition) is 5. The number of benzene rings is 2. The highest BCUT2D eigenvalue weighted by atomic mass is 32.2. The van der Waals surface area contributed by atoms with Crippen LogP contribution in [0.3, 0.4) is 0 Å². The molecule has 140 valence electrons.